The Morgan fingerprint density at radius 2 is 2.12 bits per heavy atom. The van der Waals surface area contributed by atoms with Gasteiger partial charge in [0.1, 0.15) is 0 Å². The summed E-state index contributed by atoms with van der Waals surface area (Å²) >= 11 is 0. The molecule has 3 nitrogen and oxygen atoms in total. The molecule has 0 aromatic heterocycles. The average Bonchev–Trinajstić information content (AvgIpc) is 2.24. The molecule has 0 amide bonds. The maximum Gasteiger partial charge on any atom is 0.416 e. The van der Waals surface area contributed by atoms with E-state index in [1.807, 2.05) is 0 Å². The maximum atomic E-state index is 12.4. The van der Waals surface area contributed by atoms with Gasteiger partial charge in [-0.3, -0.25) is 0 Å². The fourth-order valence-corrected chi connectivity index (χ4v) is 1.35. The smallest absolute Gasteiger partial charge is 0.416 e. The van der Waals surface area contributed by atoms with E-state index < -0.39 is 23.8 Å². The van der Waals surface area contributed by atoms with Gasteiger partial charge in [0.05, 0.1) is 5.56 Å². The van der Waals surface area contributed by atoms with E-state index >= 15 is 0 Å². The highest BCUT2D eigenvalue weighted by atomic mass is 19.4. The first-order chi connectivity index (χ1) is 7.86. The van der Waals surface area contributed by atoms with E-state index in [1.54, 1.807) is 6.92 Å². The van der Waals surface area contributed by atoms with Crippen LogP contribution in [0, 0.1) is 0 Å². The van der Waals surface area contributed by atoms with Crippen LogP contribution in [0.1, 0.15) is 24.2 Å². The average molecular weight is 248 g/mol. The van der Waals surface area contributed by atoms with Crippen molar-refractivity contribution in [3.8, 4) is 0 Å². The van der Waals surface area contributed by atoms with Gasteiger partial charge in [-0.1, -0.05) is 12.1 Å². The van der Waals surface area contributed by atoms with Crippen molar-refractivity contribution in [2.45, 2.75) is 19.2 Å². The first-order valence-electron chi connectivity index (χ1n) is 4.87. The van der Waals surface area contributed by atoms with Crippen LogP contribution >= 0.6 is 0 Å². The molecule has 17 heavy (non-hydrogen) atoms. The Balaban J connectivity index is 3.08. The highest BCUT2D eigenvalue weighted by Gasteiger charge is 2.31. The molecule has 1 aromatic carbocycles. The second-order valence-electron chi connectivity index (χ2n) is 3.30. The Hall–Kier alpha value is -1.56. The number of benzene rings is 1. The van der Waals surface area contributed by atoms with Crippen molar-refractivity contribution in [3.63, 3.8) is 0 Å². The first-order valence-corrected chi connectivity index (χ1v) is 4.87. The summed E-state index contributed by atoms with van der Waals surface area (Å²) in [5, 5.41) is 8.85. The highest BCUT2D eigenvalue weighted by Crippen LogP contribution is 2.31. The number of hydrogen-bond donors (Lipinski definition) is 1. The molecule has 6 heteroatoms. The lowest BCUT2D eigenvalue weighted by Crippen LogP contribution is -2.16. The van der Waals surface area contributed by atoms with Crippen LogP contribution in [0.5, 0.6) is 0 Å². The molecule has 1 N–H and O–H groups in total. The number of aliphatic carboxylic acids is 1. The standard InChI is InChI=1S/C11H11F3O3/c1-2-17-9(10(15)16)7-4-3-5-8(6-7)11(12,13)14/h3-6,9H,2H2,1H3,(H,15,16). The van der Waals surface area contributed by atoms with Crippen LogP contribution in [0.25, 0.3) is 0 Å². The Morgan fingerprint density at radius 3 is 2.59 bits per heavy atom. The largest absolute Gasteiger partial charge is 0.479 e. The normalized spacial score (nSPS) is 13.4. The summed E-state index contributed by atoms with van der Waals surface area (Å²) in [6.07, 6.45) is -5.87. The second kappa shape index (κ2) is 5.18. The molecule has 1 aromatic rings. The van der Waals surface area contributed by atoms with Gasteiger partial charge in [0.25, 0.3) is 0 Å². The molecule has 0 spiro atoms. The van der Waals surface area contributed by atoms with Gasteiger partial charge in [0, 0.05) is 6.61 Å². The molecule has 0 saturated carbocycles. The van der Waals surface area contributed by atoms with Gasteiger partial charge in [-0.25, -0.2) is 4.79 Å². The zero-order valence-corrected chi connectivity index (χ0v) is 8.99. The van der Waals surface area contributed by atoms with Gasteiger partial charge >= 0.3 is 12.1 Å². The minimum Gasteiger partial charge on any atom is -0.479 e. The summed E-state index contributed by atoms with van der Waals surface area (Å²) in [4.78, 5) is 10.8. The molecule has 0 bridgehead atoms. The fraction of sp³-hybridized carbons (Fsp3) is 0.364. The monoisotopic (exact) mass is 248 g/mol. The number of rotatable bonds is 4. The van der Waals surface area contributed by atoms with Crippen LogP contribution in [0.2, 0.25) is 0 Å². The van der Waals surface area contributed by atoms with E-state index in [0.29, 0.717) is 0 Å². The van der Waals surface area contributed by atoms with Gasteiger partial charge in [-0.05, 0) is 24.6 Å². The summed E-state index contributed by atoms with van der Waals surface area (Å²) in [7, 11) is 0. The lowest BCUT2D eigenvalue weighted by molar-refractivity contribution is -0.151. The van der Waals surface area contributed by atoms with Crippen molar-refractivity contribution >= 4 is 5.97 Å². The van der Waals surface area contributed by atoms with Crippen LogP contribution in [0.4, 0.5) is 13.2 Å². The quantitative estimate of drug-likeness (QED) is 0.891. The van der Waals surface area contributed by atoms with Crippen LogP contribution in [-0.4, -0.2) is 17.7 Å². The Labute approximate surface area is 95.8 Å². The van der Waals surface area contributed by atoms with Crippen molar-refractivity contribution in [2.24, 2.45) is 0 Å². The van der Waals surface area contributed by atoms with Crippen molar-refractivity contribution in [1.82, 2.24) is 0 Å². The third-order valence-electron chi connectivity index (χ3n) is 2.07. The molecule has 0 fully saturated rings. The summed E-state index contributed by atoms with van der Waals surface area (Å²) in [6, 6.07) is 4.12. The number of alkyl halides is 3. The Morgan fingerprint density at radius 1 is 1.47 bits per heavy atom. The summed E-state index contributed by atoms with van der Waals surface area (Å²) in [6.45, 7) is 1.68. The van der Waals surface area contributed by atoms with Crippen molar-refractivity contribution in [3.05, 3.63) is 35.4 Å². The number of halogens is 3. The Bertz CT molecular complexity index is 401. The lowest BCUT2D eigenvalue weighted by Gasteiger charge is -2.14. The van der Waals surface area contributed by atoms with Crippen LogP contribution < -0.4 is 0 Å². The minimum atomic E-state index is -4.49. The molecule has 0 heterocycles. The van der Waals surface area contributed by atoms with Gasteiger partial charge in [0.15, 0.2) is 6.10 Å². The predicted molar refractivity (Wildman–Crippen MR) is 53.4 cm³/mol. The molecule has 1 unspecified atom stereocenters. The molecule has 0 aliphatic heterocycles. The molecule has 0 aliphatic carbocycles. The zero-order valence-electron chi connectivity index (χ0n) is 8.99. The van der Waals surface area contributed by atoms with Gasteiger partial charge in [0.2, 0.25) is 0 Å². The number of ether oxygens (including phenoxy) is 1. The van der Waals surface area contributed by atoms with E-state index in [2.05, 4.69) is 0 Å². The molecule has 0 saturated heterocycles. The molecular weight excluding hydrogens is 237 g/mol. The lowest BCUT2D eigenvalue weighted by atomic mass is 10.1. The SMILES string of the molecule is CCOC(C(=O)O)c1cccc(C(F)(F)F)c1. The van der Waals surface area contributed by atoms with Gasteiger partial charge in [-0.2, -0.15) is 13.2 Å². The predicted octanol–water partition coefficient (Wildman–Crippen LogP) is 2.87. The molecule has 0 aliphatic rings. The number of carboxylic acids is 1. The summed E-state index contributed by atoms with van der Waals surface area (Å²) < 4.78 is 42.2. The number of carboxylic acid groups (broad SMARTS) is 1. The second-order valence-corrected chi connectivity index (χ2v) is 3.30. The summed E-state index contributed by atoms with van der Waals surface area (Å²) in [5.41, 5.74) is -0.907. The number of carbonyl (C=O) groups is 1. The zero-order chi connectivity index (χ0) is 13.1. The third-order valence-corrected chi connectivity index (χ3v) is 2.07. The fourth-order valence-electron chi connectivity index (χ4n) is 1.35. The van der Waals surface area contributed by atoms with E-state index in [4.69, 9.17) is 9.84 Å². The van der Waals surface area contributed by atoms with Crippen molar-refractivity contribution in [1.29, 1.82) is 0 Å². The topological polar surface area (TPSA) is 46.5 Å². The van der Waals surface area contributed by atoms with Gasteiger partial charge in [-0.15, -0.1) is 0 Å². The number of hydrogen-bond acceptors (Lipinski definition) is 2. The van der Waals surface area contributed by atoms with Crippen LogP contribution in [-0.2, 0) is 15.7 Å². The minimum absolute atomic E-state index is 0.0193. The van der Waals surface area contributed by atoms with Crippen molar-refractivity contribution in [2.75, 3.05) is 6.61 Å². The van der Waals surface area contributed by atoms with Crippen LogP contribution in [0.3, 0.4) is 0 Å². The maximum absolute atomic E-state index is 12.4. The molecule has 1 rings (SSSR count). The third kappa shape index (κ3) is 3.45. The molecule has 94 valence electrons. The highest BCUT2D eigenvalue weighted by molar-refractivity contribution is 5.74. The molecular formula is C11H11F3O3. The van der Waals surface area contributed by atoms with E-state index in [0.717, 1.165) is 18.2 Å². The van der Waals surface area contributed by atoms with Crippen LogP contribution in [0.15, 0.2) is 24.3 Å². The first kappa shape index (κ1) is 13.5. The van der Waals surface area contributed by atoms with Crippen molar-refractivity contribution < 1.29 is 27.8 Å². The van der Waals surface area contributed by atoms with E-state index in [9.17, 15) is 18.0 Å². The molecule has 1 atom stereocenters. The molecule has 0 radical (unpaired) electrons. The van der Waals surface area contributed by atoms with E-state index in [1.165, 1.54) is 6.07 Å². The Kier molecular flexibility index (Phi) is 4.11. The summed E-state index contributed by atoms with van der Waals surface area (Å²) in [5.74, 6) is -1.31. The van der Waals surface area contributed by atoms with Gasteiger partial charge < -0.3 is 9.84 Å². The van der Waals surface area contributed by atoms with E-state index in [-0.39, 0.29) is 12.2 Å².